The van der Waals surface area contributed by atoms with Crippen LogP contribution in [0.1, 0.15) is 52.9 Å². The van der Waals surface area contributed by atoms with E-state index in [2.05, 4.69) is 38.0 Å². The van der Waals surface area contributed by atoms with E-state index < -0.39 is 0 Å². The number of rotatable bonds is 9. The zero-order valence-electron chi connectivity index (χ0n) is 12.0. The van der Waals surface area contributed by atoms with Gasteiger partial charge in [-0.15, -0.1) is 0 Å². The van der Waals surface area contributed by atoms with Gasteiger partial charge in [0.05, 0.1) is 6.61 Å². The number of aliphatic hydroxyl groups excluding tert-OH is 1. The van der Waals surface area contributed by atoms with Crippen LogP contribution in [-0.2, 0) is 0 Å². The average Bonchev–Trinajstić information content (AvgIpc) is 3.09. The lowest BCUT2D eigenvalue weighted by Gasteiger charge is -2.35. The van der Waals surface area contributed by atoms with Crippen LogP contribution >= 0.6 is 0 Å². The number of hydrogen-bond donors (Lipinski definition) is 2. The Morgan fingerprint density at radius 1 is 1.47 bits per heavy atom. The molecule has 1 fully saturated rings. The second-order valence-corrected chi connectivity index (χ2v) is 6.02. The summed E-state index contributed by atoms with van der Waals surface area (Å²) in [6.45, 7) is 8.02. The monoisotopic (exact) mass is 242 g/mol. The number of nitrogens with zero attached hydrogens (tertiary/aromatic N) is 1. The van der Waals surface area contributed by atoms with Gasteiger partial charge in [-0.05, 0) is 53.1 Å². The molecule has 0 radical (unpaired) electrons. The molecule has 0 heterocycles. The number of nitrogens with one attached hydrogen (secondary N) is 1. The Balaban J connectivity index is 2.36. The first-order chi connectivity index (χ1) is 8.00. The highest BCUT2D eigenvalue weighted by atomic mass is 16.3. The van der Waals surface area contributed by atoms with Crippen LogP contribution < -0.4 is 5.32 Å². The van der Waals surface area contributed by atoms with Crippen molar-refractivity contribution in [3.63, 3.8) is 0 Å². The van der Waals surface area contributed by atoms with E-state index in [9.17, 15) is 5.11 Å². The molecule has 102 valence electrons. The molecule has 0 bridgehead atoms. The van der Waals surface area contributed by atoms with Crippen molar-refractivity contribution < 1.29 is 5.11 Å². The van der Waals surface area contributed by atoms with Gasteiger partial charge >= 0.3 is 0 Å². The zero-order chi connectivity index (χ0) is 12.9. The van der Waals surface area contributed by atoms with Crippen molar-refractivity contribution in [1.29, 1.82) is 0 Å². The third kappa shape index (κ3) is 5.36. The molecule has 2 unspecified atom stereocenters. The van der Waals surface area contributed by atoms with Crippen LogP contribution in [0.4, 0.5) is 0 Å². The van der Waals surface area contributed by atoms with Crippen molar-refractivity contribution >= 4 is 0 Å². The fraction of sp³-hybridized carbons (Fsp3) is 1.00. The second kappa shape index (κ2) is 6.72. The Kier molecular flexibility index (Phi) is 5.90. The summed E-state index contributed by atoms with van der Waals surface area (Å²) in [5.41, 5.74) is -0.110. The lowest BCUT2D eigenvalue weighted by atomic mass is 9.93. The lowest BCUT2D eigenvalue weighted by Crippen LogP contribution is -2.51. The van der Waals surface area contributed by atoms with Crippen LogP contribution in [0.25, 0.3) is 0 Å². The van der Waals surface area contributed by atoms with Crippen molar-refractivity contribution in [3.05, 3.63) is 0 Å². The predicted octanol–water partition coefficient (Wildman–Crippen LogP) is 2.00. The zero-order valence-corrected chi connectivity index (χ0v) is 12.0. The maximum absolute atomic E-state index is 9.59. The smallest absolute Gasteiger partial charge is 0.0611 e. The van der Waals surface area contributed by atoms with Crippen LogP contribution in [-0.4, -0.2) is 47.8 Å². The van der Waals surface area contributed by atoms with Gasteiger partial charge in [0.25, 0.3) is 0 Å². The van der Waals surface area contributed by atoms with Gasteiger partial charge in [-0.2, -0.15) is 0 Å². The fourth-order valence-corrected chi connectivity index (χ4v) is 2.33. The molecule has 1 aliphatic carbocycles. The summed E-state index contributed by atoms with van der Waals surface area (Å²) in [6.07, 6.45) is 6.06. The maximum Gasteiger partial charge on any atom is 0.0611 e. The maximum atomic E-state index is 9.59. The summed E-state index contributed by atoms with van der Waals surface area (Å²) in [4.78, 5) is 2.41. The summed E-state index contributed by atoms with van der Waals surface area (Å²) in [5, 5.41) is 13.2. The van der Waals surface area contributed by atoms with Crippen molar-refractivity contribution in [2.24, 2.45) is 0 Å². The Labute approximate surface area is 107 Å². The molecule has 1 rings (SSSR count). The van der Waals surface area contributed by atoms with Gasteiger partial charge in [-0.1, -0.05) is 13.3 Å². The summed E-state index contributed by atoms with van der Waals surface area (Å²) in [7, 11) is 2.19. The molecule has 0 aromatic heterocycles. The van der Waals surface area contributed by atoms with Crippen LogP contribution in [0.5, 0.6) is 0 Å². The van der Waals surface area contributed by atoms with Crippen LogP contribution in [0.3, 0.4) is 0 Å². The first kappa shape index (κ1) is 14.9. The molecule has 1 saturated carbocycles. The van der Waals surface area contributed by atoms with Crippen LogP contribution in [0.15, 0.2) is 0 Å². The topological polar surface area (TPSA) is 35.5 Å². The number of unbranched alkanes of at least 4 members (excludes halogenated alkanes) is 1. The summed E-state index contributed by atoms with van der Waals surface area (Å²) < 4.78 is 0. The van der Waals surface area contributed by atoms with Crippen molar-refractivity contribution in [2.75, 3.05) is 20.2 Å². The molecule has 0 amide bonds. The fourth-order valence-electron chi connectivity index (χ4n) is 2.33. The summed E-state index contributed by atoms with van der Waals surface area (Å²) in [5.74, 6) is 0. The Morgan fingerprint density at radius 3 is 2.59 bits per heavy atom. The highest BCUT2D eigenvalue weighted by Crippen LogP contribution is 2.25. The quantitative estimate of drug-likeness (QED) is 0.649. The van der Waals surface area contributed by atoms with Crippen molar-refractivity contribution in [3.8, 4) is 0 Å². The molecular weight excluding hydrogens is 212 g/mol. The normalized spacial score (nSPS) is 21.5. The third-order valence-corrected chi connectivity index (χ3v) is 3.84. The molecule has 1 aliphatic rings. The van der Waals surface area contributed by atoms with Gasteiger partial charge in [0.15, 0.2) is 0 Å². The molecule has 0 aromatic rings. The molecule has 0 aliphatic heterocycles. The Morgan fingerprint density at radius 2 is 2.12 bits per heavy atom. The van der Waals surface area contributed by atoms with Gasteiger partial charge in [0.1, 0.15) is 0 Å². The van der Waals surface area contributed by atoms with Gasteiger partial charge < -0.3 is 15.3 Å². The van der Waals surface area contributed by atoms with Gasteiger partial charge in [-0.25, -0.2) is 0 Å². The minimum atomic E-state index is -0.110. The van der Waals surface area contributed by atoms with E-state index in [0.717, 1.165) is 13.0 Å². The summed E-state index contributed by atoms with van der Waals surface area (Å²) >= 11 is 0. The van der Waals surface area contributed by atoms with Crippen molar-refractivity contribution in [2.45, 2.75) is 70.5 Å². The molecule has 17 heavy (non-hydrogen) atoms. The third-order valence-electron chi connectivity index (χ3n) is 3.84. The number of hydrogen-bond acceptors (Lipinski definition) is 3. The first-order valence-corrected chi connectivity index (χ1v) is 7.09. The van der Waals surface area contributed by atoms with Gasteiger partial charge in [-0.3, -0.25) is 0 Å². The molecule has 0 spiro atoms. The SMILES string of the molecule is CCCCN(C)C(C)CC(C)(CO)NC1CC1. The standard InChI is InChI=1S/C14H30N2O/c1-5-6-9-16(4)12(2)10-14(3,11-17)15-13-7-8-13/h12-13,15,17H,5-11H2,1-4H3. The molecule has 2 N–H and O–H groups in total. The molecule has 2 atom stereocenters. The van der Waals surface area contributed by atoms with E-state index in [0.29, 0.717) is 12.1 Å². The van der Waals surface area contributed by atoms with Crippen LogP contribution in [0.2, 0.25) is 0 Å². The van der Waals surface area contributed by atoms with Crippen LogP contribution in [0, 0.1) is 0 Å². The van der Waals surface area contributed by atoms with Crippen molar-refractivity contribution in [1.82, 2.24) is 10.2 Å². The van der Waals surface area contributed by atoms with E-state index in [1.165, 1.54) is 25.7 Å². The second-order valence-electron chi connectivity index (χ2n) is 6.02. The van der Waals surface area contributed by atoms with E-state index in [4.69, 9.17) is 0 Å². The highest BCUT2D eigenvalue weighted by Gasteiger charge is 2.33. The number of aliphatic hydroxyl groups is 1. The highest BCUT2D eigenvalue weighted by molar-refractivity contribution is 4.94. The minimum absolute atomic E-state index is 0.110. The Bertz CT molecular complexity index is 218. The largest absolute Gasteiger partial charge is 0.394 e. The first-order valence-electron chi connectivity index (χ1n) is 7.09. The van der Waals surface area contributed by atoms with E-state index in [1.54, 1.807) is 0 Å². The van der Waals surface area contributed by atoms with E-state index >= 15 is 0 Å². The molecule has 3 heteroatoms. The molecule has 0 aromatic carbocycles. The van der Waals surface area contributed by atoms with E-state index in [1.807, 2.05) is 0 Å². The lowest BCUT2D eigenvalue weighted by molar-refractivity contribution is 0.124. The Hall–Kier alpha value is -0.120. The molecular formula is C14H30N2O. The van der Waals surface area contributed by atoms with E-state index in [-0.39, 0.29) is 12.1 Å². The molecule has 0 saturated heterocycles. The average molecular weight is 242 g/mol. The predicted molar refractivity (Wildman–Crippen MR) is 73.3 cm³/mol. The minimum Gasteiger partial charge on any atom is -0.394 e. The van der Waals surface area contributed by atoms with Gasteiger partial charge in [0.2, 0.25) is 0 Å². The summed E-state index contributed by atoms with van der Waals surface area (Å²) in [6, 6.07) is 1.17. The van der Waals surface area contributed by atoms with Gasteiger partial charge in [0, 0.05) is 17.6 Å². The molecule has 3 nitrogen and oxygen atoms in total.